The van der Waals surface area contributed by atoms with Crippen LogP contribution in [0.15, 0.2) is 72.5 Å². The smallest absolute Gasteiger partial charge is 0.429 e. The molecular formula is C27H29O4+. The zero-order chi connectivity index (χ0) is 21.5. The Kier molecular flexibility index (Phi) is 6.56. The molecule has 2 aliphatic rings. The second-order valence-electron chi connectivity index (χ2n) is 7.84. The molecule has 0 atom stereocenters. The molecule has 4 heteroatoms. The Morgan fingerprint density at radius 2 is 1.29 bits per heavy atom. The van der Waals surface area contributed by atoms with Crippen molar-refractivity contribution < 1.29 is 18.6 Å². The normalized spacial score (nSPS) is 18.0. The Hall–Kier alpha value is -3.27. The topological polar surface area (TPSA) is 39.0 Å². The first kappa shape index (κ1) is 21.0. The number of hydrogen-bond donors (Lipinski definition) is 0. The van der Waals surface area contributed by atoms with Crippen LogP contribution in [0.5, 0.6) is 11.5 Å². The molecule has 4 rings (SSSR count). The van der Waals surface area contributed by atoms with Crippen molar-refractivity contribution >= 4 is 17.9 Å². The van der Waals surface area contributed by atoms with Gasteiger partial charge in [0, 0.05) is 6.08 Å². The van der Waals surface area contributed by atoms with Gasteiger partial charge in [0.25, 0.3) is 0 Å². The highest BCUT2D eigenvalue weighted by Crippen LogP contribution is 2.35. The summed E-state index contributed by atoms with van der Waals surface area (Å²) in [5.41, 5.74) is 2.18. The standard InChI is InChI=1S/C27H29O4/c1-28-23-12-6-21(7-13-23)10-16-25-20-26(31-27(30-25)18-4-3-5-19-27)17-11-22-8-14-24(29-2)15-9-22/h6-17,20H,3-5,18-19H2,1-2H3/q+1/b16-10+,17-11+. The maximum atomic E-state index is 6.35. The number of rotatable bonds is 6. The first-order valence-electron chi connectivity index (χ1n) is 10.8. The van der Waals surface area contributed by atoms with Gasteiger partial charge in [-0.1, -0.05) is 36.8 Å². The fourth-order valence-electron chi connectivity index (χ4n) is 3.90. The molecule has 0 aromatic heterocycles. The van der Waals surface area contributed by atoms with Gasteiger partial charge < -0.3 is 14.2 Å². The van der Waals surface area contributed by atoms with E-state index in [-0.39, 0.29) is 0 Å². The summed E-state index contributed by atoms with van der Waals surface area (Å²) in [7, 11) is 3.35. The van der Waals surface area contributed by atoms with Crippen LogP contribution < -0.4 is 9.47 Å². The largest absolute Gasteiger partial charge is 0.497 e. The molecule has 0 N–H and O–H groups in total. The molecular weight excluding hydrogens is 388 g/mol. The molecule has 2 aromatic carbocycles. The summed E-state index contributed by atoms with van der Waals surface area (Å²) in [5, 5.41) is 0. The summed E-state index contributed by atoms with van der Waals surface area (Å²) in [6, 6.07) is 15.9. The zero-order valence-electron chi connectivity index (χ0n) is 18.2. The molecule has 1 saturated carbocycles. The average molecular weight is 418 g/mol. The van der Waals surface area contributed by atoms with Crippen molar-refractivity contribution in [2.75, 3.05) is 14.2 Å². The average Bonchev–Trinajstić information content (AvgIpc) is 2.82. The van der Waals surface area contributed by atoms with Crippen molar-refractivity contribution in [3.05, 3.63) is 83.6 Å². The third kappa shape index (κ3) is 5.46. The maximum absolute atomic E-state index is 6.35. The van der Waals surface area contributed by atoms with Gasteiger partial charge in [0.15, 0.2) is 0 Å². The van der Waals surface area contributed by atoms with Gasteiger partial charge in [-0.05, 0) is 60.4 Å². The fourth-order valence-corrected chi connectivity index (χ4v) is 3.90. The van der Waals surface area contributed by atoms with Gasteiger partial charge in [-0.15, -0.1) is 0 Å². The molecule has 160 valence electrons. The van der Waals surface area contributed by atoms with Crippen LogP contribution >= 0.6 is 0 Å². The highest BCUT2D eigenvalue weighted by Gasteiger charge is 2.48. The third-order valence-corrected chi connectivity index (χ3v) is 5.62. The molecule has 4 nitrogen and oxygen atoms in total. The Morgan fingerprint density at radius 1 is 0.742 bits per heavy atom. The van der Waals surface area contributed by atoms with E-state index in [1.807, 2.05) is 66.8 Å². The molecule has 31 heavy (non-hydrogen) atoms. The molecule has 2 aromatic rings. The molecule has 0 bridgehead atoms. The number of ketones is 1. The van der Waals surface area contributed by atoms with E-state index in [1.165, 1.54) is 6.42 Å². The Balaban J connectivity index is 1.56. The summed E-state index contributed by atoms with van der Waals surface area (Å²) >= 11 is 0. The van der Waals surface area contributed by atoms with Crippen LogP contribution in [0, 0.1) is 0 Å². The minimum absolute atomic E-state index is 0.563. The number of methoxy groups -OCH3 is 2. The van der Waals surface area contributed by atoms with E-state index in [4.69, 9.17) is 18.6 Å². The van der Waals surface area contributed by atoms with E-state index in [0.29, 0.717) is 0 Å². The first-order chi connectivity index (χ1) is 15.2. The SMILES string of the molecule is COc1ccc(/C=C/C2=CC(/C=C/c3ccc(OC)cc3)=[O+]C3(CCCCC3)O2)cc1. The van der Waals surface area contributed by atoms with E-state index >= 15 is 0 Å². The van der Waals surface area contributed by atoms with E-state index < -0.39 is 5.79 Å². The van der Waals surface area contributed by atoms with Crippen LogP contribution in [0.2, 0.25) is 0 Å². The number of allylic oxidation sites excluding steroid dienone is 3. The number of ether oxygens (including phenoxy) is 3. The minimum atomic E-state index is -0.563. The zero-order valence-corrected chi connectivity index (χ0v) is 18.2. The highest BCUT2D eigenvalue weighted by atomic mass is 16.7. The summed E-state index contributed by atoms with van der Waals surface area (Å²) < 4.78 is 23.2. The van der Waals surface area contributed by atoms with E-state index in [1.54, 1.807) is 14.2 Å². The second kappa shape index (κ2) is 9.69. The van der Waals surface area contributed by atoms with Crippen LogP contribution in [-0.2, 0) is 9.16 Å². The van der Waals surface area contributed by atoms with Crippen molar-refractivity contribution in [2.45, 2.75) is 37.9 Å². The van der Waals surface area contributed by atoms with E-state index in [9.17, 15) is 0 Å². The van der Waals surface area contributed by atoms with Gasteiger partial charge in [-0.3, -0.25) is 0 Å². The summed E-state index contributed by atoms with van der Waals surface area (Å²) in [5.74, 6) is 2.77. The highest BCUT2D eigenvalue weighted by molar-refractivity contribution is 6.03. The molecule has 1 heterocycles. The molecule has 1 fully saturated rings. The fraction of sp³-hybridized carbons (Fsp3) is 0.296. The number of benzene rings is 2. The first-order valence-corrected chi connectivity index (χ1v) is 10.8. The van der Waals surface area contributed by atoms with Crippen molar-refractivity contribution in [2.24, 2.45) is 0 Å². The maximum Gasteiger partial charge on any atom is 0.429 e. The summed E-state index contributed by atoms with van der Waals surface area (Å²) in [6.45, 7) is 0. The molecule has 1 aliphatic carbocycles. The predicted octanol–water partition coefficient (Wildman–Crippen LogP) is 6.11. The Morgan fingerprint density at radius 3 is 1.84 bits per heavy atom. The van der Waals surface area contributed by atoms with Crippen LogP contribution in [0.1, 0.15) is 43.2 Å². The lowest BCUT2D eigenvalue weighted by Crippen LogP contribution is -2.39. The lowest BCUT2D eigenvalue weighted by atomic mass is 9.93. The Bertz CT molecular complexity index is 989. The quantitative estimate of drug-likeness (QED) is 0.420. The van der Waals surface area contributed by atoms with Gasteiger partial charge in [0.2, 0.25) is 0 Å². The van der Waals surface area contributed by atoms with Crippen LogP contribution in [0.4, 0.5) is 0 Å². The lowest BCUT2D eigenvalue weighted by molar-refractivity contribution is -0.621. The van der Waals surface area contributed by atoms with Crippen molar-refractivity contribution in [1.29, 1.82) is 0 Å². The van der Waals surface area contributed by atoms with Crippen LogP contribution in [0.25, 0.3) is 12.2 Å². The molecule has 0 unspecified atom stereocenters. The van der Waals surface area contributed by atoms with Crippen LogP contribution in [-0.4, -0.2) is 25.8 Å². The summed E-state index contributed by atoms with van der Waals surface area (Å²) in [6.07, 6.45) is 15.4. The Labute approximate surface area is 184 Å². The number of carbonyl (C=O) groups excluding carboxylic acids is 1. The van der Waals surface area contributed by atoms with E-state index in [2.05, 4.69) is 12.2 Å². The van der Waals surface area contributed by atoms with Crippen molar-refractivity contribution in [1.82, 2.24) is 0 Å². The van der Waals surface area contributed by atoms with Gasteiger partial charge in [0.1, 0.15) is 17.3 Å². The number of hydrogen-bond acceptors (Lipinski definition) is 3. The monoisotopic (exact) mass is 417 g/mol. The predicted molar refractivity (Wildman–Crippen MR) is 124 cm³/mol. The minimum Gasteiger partial charge on any atom is -0.497 e. The van der Waals surface area contributed by atoms with Gasteiger partial charge in [-0.25, -0.2) is 4.42 Å². The molecule has 0 radical (unpaired) electrons. The van der Waals surface area contributed by atoms with Crippen molar-refractivity contribution in [3.63, 3.8) is 0 Å². The van der Waals surface area contributed by atoms with E-state index in [0.717, 1.165) is 59.9 Å². The van der Waals surface area contributed by atoms with Crippen molar-refractivity contribution in [3.8, 4) is 11.5 Å². The molecule has 0 amide bonds. The van der Waals surface area contributed by atoms with Crippen LogP contribution in [0.3, 0.4) is 0 Å². The molecule has 1 spiro atoms. The lowest BCUT2D eigenvalue weighted by Gasteiger charge is -2.27. The summed E-state index contributed by atoms with van der Waals surface area (Å²) in [4.78, 5) is 0. The third-order valence-electron chi connectivity index (χ3n) is 5.62. The van der Waals surface area contributed by atoms with Gasteiger partial charge in [0.05, 0.1) is 33.1 Å². The van der Waals surface area contributed by atoms with Gasteiger partial charge >= 0.3 is 11.6 Å². The molecule has 1 aliphatic heterocycles. The second-order valence-corrected chi connectivity index (χ2v) is 7.84. The van der Waals surface area contributed by atoms with Gasteiger partial charge in [-0.2, -0.15) is 0 Å². The molecule has 0 saturated heterocycles.